The van der Waals surface area contributed by atoms with Crippen molar-refractivity contribution < 1.29 is 4.79 Å². The zero-order valence-corrected chi connectivity index (χ0v) is 10.9. The summed E-state index contributed by atoms with van der Waals surface area (Å²) in [5.41, 5.74) is 2.68. The number of carbonyl (C=O) groups is 1. The molecule has 1 amide bonds. The summed E-state index contributed by atoms with van der Waals surface area (Å²) in [5, 5.41) is 9.48. The van der Waals surface area contributed by atoms with Crippen LogP contribution >= 0.6 is 11.3 Å². The molecular formula is C12H15N3OS. The standard InChI is InChI=1S/C12H15N3OS/c1-7-4-10(17-9(7)3)5-13-12(16)11-6-14-15-8(11)2/h4,6H,5H2,1-3H3,(H,13,16)(H,14,15). The van der Waals surface area contributed by atoms with Crippen molar-refractivity contribution in [3.8, 4) is 0 Å². The SMILES string of the molecule is Cc1cc(CNC(=O)c2cn[nH]c2C)sc1C. The van der Waals surface area contributed by atoms with Crippen molar-refractivity contribution in [3.63, 3.8) is 0 Å². The third-order valence-electron chi connectivity index (χ3n) is 2.71. The van der Waals surface area contributed by atoms with Gasteiger partial charge in [0, 0.05) is 15.4 Å². The number of rotatable bonds is 3. The Morgan fingerprint density at radius 3 is 2.76 bits per heavy atom. The highest BCUT2D eigenvalue weighted by molar-refractivity contribution is 7.12. The molecule has 2 heterocycles. The molecule has 0 spiro atoms. The Labute approximate surface area is 104 Å². The molecule has 0 aliphatic carbocycles. The lowest BCUT2D eigenvalue weighted by Crippen LogP contribution is -2.22. The second-order valence-electron chi connectivity index (χ2n) is 4.04. The lowest BCUT2D eigenvalue weighted by Gasteiger charge is -2.01. The van der Waals surface area contributed by atoms with Gasteiger partial charge in [0.15, 0.2) is 0 Å². The van der Waals surface area contributed by atoms with Gasteiger partial charge in [-0.1, -0.05) is 0 Å². The Bertz CT molecular complexity index is 522. The van der Waals surface area contributed by atoms with Crippen molar-refractivity contribution in [2.24, 2.45) is 0 Å². The van der Waals surface area contributed by atoms with E-state index in [1.807, 2.05) is 6.92 Å². The van der Waals surface area contributed by atoms with Crippen LogP contribution in [0.4, 0.5) is 0 Å². The molecule has 0 aliphatic rings. The number of aryl methyl sites for hydroxylation is 3. The molecule has 0 saturated carbocycles. The van der Waals surface area contributed by atoms with Gasteiger partial charge >= 0.3 is 0 Å². The Morgan fingerprint density at radius 1 is 1.47 bits per heavy atom. The van der Waals surface area contributed by atoms with Gasteiger partial charge in [0.05, 0.1) is 18.3 Å². The fraction of sp³-hybridized carbons (Fsp3) is 0.333. The van der Waals surface area contributed by atoms with Gasteiger partial charge in [-0.2, -0.15) is 5.10 Å². The molecule has 0 aromatic carbocycles. The first-order valence-electron chi connectivity index (χ1n) is 5.42. The van der Waals surface area contributed by atoms with E-state index in [1.165, 1.54) is 15.3 Å². The van der Waals surface area contributed by atoms with Crippen molar-refractivity contribution in [1.82, 2.24) is 15.5 Å². The second kappa shape index (κ2) is 4.71. The number of hydrogen-bond acceptors (Lipinski definition) is 3. The first-order chi connectivity index (χ1) is 8.08. The number of H-pyrrole nitrogens is 1. The molecule has 0 atom stereocenters. The highest BCUT2D eigenvalue weighted by Crippen LogP contribution is 2.20. The third kappa shape index (κ3) is 2.55. The van der Waals surface area contributed by atoms with Gasteiger partial charge in [0.2, 0.25) is 0 Å². The van der Waals surface area contributed by atoms with E-state index < -0.39 is 0 Å². The maximum absolute atomic E-state index is 11.8. The van der Waals surface area contributed by atoms with Crippen LogP contribution in [0.2, 0.25) is 0 Å². The van der Waals surface area contributed by atoms with E-state index in [1.54, 1.807) is 17.5 Å². The largest absolute Gasteiger partial charge is 0.347 e. The molecule has 2 aromatic rings. The van der Waals surface area contributed by atoms with E-state index in [4.69, 9.17) is 0 Å². The predicted molar refractivity (Wildman–Crippen MR) is 68.3 cm³/mol. The Balaban J connectivity index is 1.99. The second-order valence-corrected chi connectivity index (χ2v) is 5.38. The number of nitrogens with one attached hydrogen (secondary N) is 2. The third-order valence-corrected chi connectivity index (χ3v) is 3.87. The minimum Gasteiger partial charge on any atom is -0.347 e. The van der Waals surface area contributed by atoms with E-state index in [9.17, 15) is 4.79 Å². The zero-order valence-electron chi connectivity index (χ0n) is 10.1. The molecule has 0 radical (unpaired) electrons. The van der Waals surface area contributed by atoms with Crippen molar-refractivity contribution in [2.45, 2.75) is 27.3 Å². The number of aromatic amines is 1. The number of hydrogen-bond donors (Lipinski definition) is 2. The van der Waals surface area contributed by atoms with Crippen LogP contribution in [0.25, 0.3) is 0 Å². The van der Waals surface area contributed by atoms with Gasteiger partial charge in [-0.05, 0) is 32.4 Å². The van der Waals surface area contributed by atoms with E-state index in [2.05, 4.69) is 35.4 Å². The van der Waals surface area contributed by atoms with E-state index in [0.29, 0.717) is 12.1 Å². The molecule has 90 valence electrons. The number of aromatic nitrogens is 2. The van der Waals surface area contributed by atoms with Crippen LogP contribution < -0.4 is 5.32 Å². The van der Waals surface area contributed by atoms with Crippen LogP contribution in [0.5, 0.6) is 0 Å². The highest BCUT2D eigenvalue weighted by atomic mass is 32.1. The molecule has 0 fully saturated rings. The maximum atomic E-state index is 11.8. The van der Waals surface area contributed by atoms with Crippen molar-refractivity contribution in [2.75, 3.05) is 0 Å². The fourth-order valence-electron chi connectivity index (χ4n) is 1.58. The number of nitrogens with zero attached hydrogens (tertiary/aromatic N) is 1. The lowest BCUT2D eigenvalue weighted by molar-refractivity contribution is 0.0951. The van der Waals surface area contributed by atoms with Crippen LogP contribution in [0.3, 0.4) is 0 Å². The fourth-order valence-corrected chi connectivity index (χ4v) is 2.57. The summed E-state index contributed by atoms with van der Waals surface area (Å²) in [6.45, 7) is 6.58. The summed E-state index contributed by atoms with van der Waals surface area (Å²) in [5.74, 6) is -0.0834. The number of thiophene rings is 1. The number of carbonyl (C=O) groups excluding carboxylic acids is 1. The van der Waals surface area contributed by atoms with Crippen molar-refractivity contribution in [3.05, 3.63) is 38.8 Å². The molecule has 2 rings (SSSR count). The van der Waals surface area contributed by atoms with E-state index in [0.717, 1.165) is 5.69 Å². The Hall–Kier alpha value is -1.62. The molecule has 0 aliphatic heterocycles. The summed E-state index contributed by atoms with van der Waals surface area (Å²) in [7, 11) is 0. The minimum absolute atomic E-state index is 0.0834. The molecule has 2 N–H and O–H groups in total. The molecule has 0 bridgehead atoms. The average Bonchev–Trinajstić information content (AvgIpc) is 2.83. The highest BCUT2D eigenvalue weighted by Gasteiger charge is 2.10. The van der Waals surface area contributed by atoms with Gasteiger partial charge in [-0.3, -0.25) is 9.89 Å². The molecule has 5 heteroatoms. The Morgan fingerprint density at radius 2 is 2.24 bits per heavy atom. The van der Waals surface area contributed by atoms with Crippen LogP contribution in [-0.2, 0) is 6.54 Å². The summed E-state index contributed by atoms with van der Waals surface area (Å²) < 4.78 is 0. The molecule has 17 heavy (non-hydrogen) atoms. The summed E-state index contributed by atoms with van der Waals surface area (Å²) in [6.07, 6.45) is 1.55. The smallest absolute Gasteiger partial charge is 0.255 e. The summed E-state index contributed by atoms with van der Waals surface area (Å²) in [6, 6.07) is 2.11. The molecule has 0 unspecified atom stereocenters. The van der Waals surface area contributed by atoms with Crippen LogP contribution in [-0.4, -0.2) is 16.1 Å². The van der Waals surface area contributed by atoms with Crippen LogP contribution in [0, 0.1) is 20.8 Å². The minimum atomic E-state index is -0.0834. The normalized spacial score (nSPS) is 10.5. The molecule has 2 aromatic heterocycles. The predicted octanol–water partition coefficient (Wildman–Crippen LogP) is 2.33. The monoisotopic (exact) mass is 249 g/mol. The quantitative estimate of drug-likeness (QED) is 0.877. The maximum Gasteiger partial charge on any atom is 0.255 e. The molecular weight excluding hydrogens is 234 g/mol. The zero-order chi connectivity index (χ0) is 12.4. The van der Waals surface area contributed by atoms with Gasteiger partial charge in [-0.15, -0.1) is 11.3 Å². The van der Waals surface area contributed by atoms with Crippen LogP contribution in [0.15, 0.2) is 12.3 Å². The van der Waals surface area contributed by atoms with Gasteiger partial charge in [0.1, 0.15) is 0 Å². The van der Waals surface area contributed by atoms with Crippen molar-refractivity contribution in [1.29, 1.82) is 0 Å². The topological polar surface area (TPSA) is 57.8 Å². The van der Waals surface area contributed by atoms with Gasteiger partial charge < -0.3 is 5.32 Å². The van der Waals surface area contributed by atoms with Gasteiger partial charge in [-0.25, -0.2) is 0 Å². The van der Waals surface area contributed by atoms with Gasteiger partial charge in [0.25, 0.3) is 5.91 Å². The molecule has 4 nitrogen and oxygen atoms in total. The van der Waals surface area contributed by atoms with Crippen LogP contribution in [0.1, 0.15) is 31.4 Å². The summed E-state index contributed by atoms with van der Waals surface area (Å²) in [4.78, 5) is 14.3. The average molecular weight is 249 g/mol. The Kier molecular flexibility index (Phi) is 3.28. The number of amides is 1. The first-order valence-corrected chi connectivity index (χ1v) is 6.23. The first kappa shape index (κ1) is 11.9. The van der Waals surface area contributed by atoms with Crippen molar-refractivity contribution >= 4 is 17.2 Å². The lowest BCUT2D eigenvalue weighted by atomic mass is 10.2. The van der Waals surface area contributed by atoms with E-state index in [-0.39, 0.29) is 5.91 Å². The summed E-state index contributed by atoms with van der Waals surface area (Å²) >= 11 is 1.72. The molecule has 0 saturated heterocycles. The van der Waals surface area contributed by atoms with E-state index >= 15 is 0 Å².